The molecule has 124 valence electrons. The summed E-state index contributed by atoms with van der Waals surface area (Å²) in [6, 6.07) is 13.3. The van der Waals surface area contributed by atoms with Crippen molar-refractivity contribution in [2.24, 2.45) is 0 Å². The van der Waals surface area contributed by atoms with Crippen molar-refractivity contribution in [3.05, 3.63) is 77.1 Å². The van der Waals surface area contributed by atoms with Crippen LogP contribution in [0.25, 0.3) is 22.0 Å². The Bertz CT molecular complexity index is 1080. The van der Waals surface area contributed by atoms with Crippen LogP contribution >= 0.6 is 0 Å². The van der Waals surface area contributed by atoms with Gasteiger partial charge in [-0.05, 0) is 35.4 Å². The number of fused-ring (bicyclic) bond motifs is 1. The lowest BCUT2D eigenvalue weighted by atomic mass is 10.1. The van der Waals surface area contributed by atoms with Crippen LogP contribution in [-0.2, 0) is 6.54 Å². The van der Waals surface area contributed by atoms with Crippen LogP contribution in [0, 0.1) is 0 Å². The first-order chi connectivity index (χ1) is 12.2. The highest BCUT2D eigenvalue weighted by Gasteiger charge is 2.08. The molecule has 2 aromatic carbocycles. The molecule has 0 radical (unpaired) electrons. The molecule has 1 N–H and O–H groups in total. The van der Waals surface area contributed by atoms with Gasteiger partial charge in [0.1, 0.15) is 5.75 Å². The van der Waals surface area contributed by atoms with E-state index in [1.165, 1.54) is 0 Å². The molecule has 2 aromatic heterocycles. The van der Waals surface area contributed by atoms with Crippen LogP contribution in [-0.4, -0.2) is 26.9 Å². The van der Waals surface area contributed by atoms with Crippen molar-refractivity contribution < 1.29 is 4.74 Å². The van der Waals surface area contributed by atoms with Crippen molar-refractivity contribution >= 4 is 10.9 Å². The van der Waals surface area contributed by atoms with E-state index in [4.69, 9.17) is 4.74 Å². The van der Waals surface area contributed by atoms with E-state index >= 15 is 0 Å². The fraction of sp³-hybridized carbons (Fsp3) is 0.105. The van der Waals surface area contributed by atoms with Gasteiger partial charge in [-0.15, -0.1) is 0 Å². The summed E-state index contributed by atoms with van der Waals surface area (Å²) < 4.78 is 6.85. The number of nitrogens with zero attached hydrogens (tertiary/aromatic N) is 3. The van der Waals surface area contributed by atoms with Crippen molar-refractivity contribution in [1.82, 2.24) is 19.7 Å². The van der Waals surface area contributed by atoms with Crippen molar-refractivity contribution in [2.45, 2.75) is 6.54 Å². The highest BCUT2D eigenvalue weighted by Crippen LogP contribution is 2.21. The summed E-state index contributed by atoms with van der Waals surface area (Å²) in [6.07, 6.45) is 5.11. The molecule has 0 aliphatic rings. The number of hydrogen-bond donors (Lipinski definition) is 1. The van der Waals surface area contributed by atoms with Gasteiger partial charge in [0.2, 0.25) is 0 Å². The molecule has 0 saturated carbocycles. The zero-order valence-corrected chi connectivity index (χ0v) is 13.6. The molecule has 0 spiro atoms. The number of nitrogens with one attached hydrogen (secondary N) is 1. The first-order valence-electron chi connectivity index (χ1n) is 7.86. The maximum atomic E-state index is 12.9. The molecule has 0 bridgehead atoms. The van der Waals surface area contributed by atoms with Crippen LogP contribution in [0.1, 0.15) is 5.56 Å². The molecular weight excluding hydrogens is 316 g/mol. The van der Waals surface area contributed by atoms with E-state index in [1.807, 2.05) is 42.5 Å². The highest BCUT2D eigenvalue weighted by atomic mass is 16.5. The van der Waals surface area contributed by atoms with Gasteiger partial charge < -0.3 is 4.74 Å². The summed E-state index contributed by atoms with van der Waals surface area (Å²) in [5.41, 5.74) is 3.45. The maximum absolute atomic E-state index is 12.9. The number of aromatic nitrogens is 4. The lowest BCUT2D eigenvalue weighted by molar-refractivity contribution is 0.414. The molecule has 4 rings (SSSR count). The summed E-state index contributed by atoms with van der Waals surface area (Å²) in [6.45, 7) is 0.439. The monoisotopic (exact) mass is 332 g/mol. The quantitative estimate of drug-likeness (QED) is 0.624. The number of aromatic amines is 1. The Balaban J connectivity index is 1.77. The lowest BCUT2D eigenvalue weighted by Crippen LogP contribution is -2.21. The summed E-state index contributed by atoms with van der Waals surface area (Å²) in [5.74, 6) is 0.765. The molecule has 0 aliphatic carbocycles. The van der Waals surface area contributed by atoms with Gasteiger partial charge >= 0.3 is 0 Å². The first kappa shape index (κ1) is 15.1. The van der Waals surface area contributed by atoms with Gasteiger partial charge in [-0.1, -0.05) is 18.2 Å². The first-order valence-corrected chi connectivity index (χ1v) is 7.86. The summed E-state index contributed by atoms with van der Waals surface area (Å²) in [5, 5.41) is 7.33. The lowest BCUT2D eigenvalue weighted by Gasteiger charge is -2.09. The van der Waals surface area contributed by atoms with Crippen molar-refractivity contribution in [1.29, 1.82) is 0 Å². The fourth-order valence-electron chi connectivity index (χ4n) is 2.83. The molecule has 0 unspecified atom stereocenters. The van der Waals surface area contributed by atoms with E-state index in [-0.39, 0.29) is 5.56 Å². The standard InChI is InChI=1S/C19H16N4O2/c1-25-16-4-2-3-13(7-16)11-23-12-20-18-6-5-14(8-17(18)19(23)24)15-9-21-22-10-15/h2-10,12H,11H2,1H3,(H,21,22). The predicted octanol–water partition coefficient (Wildman–Crippen LogP) is 2.84. The molecule has 0 amide bonds. The van der Waals surface area contributed by atoms with Crippen molar-refractivity contribution in [2.75, 3.05) is 7.11 Å². The highest BCUT2D eigenvalue weighted by molar-refractivity contribution is 5.83. The molecule has 6 heteroatoms. The Labute approximate surface area is 143 Å². The second-order valence-electron chi connectivity index (χ2n) is 5.75. The maximum Gasteiger partial charge on any atom is 0.261 e. The van der Waals surface area contributed by atoms with Crippen molar-refractivity contribution in [3.63, 3.8) is 0 Å². The van der Waals surface area contributed by atoms with Crippen LogP contribution in [0.5, 0.6) is 5.75 Å². The SMILES string of the molecule is COc1cccc(Cn2cnc3ccc(-c4cn[nH]c4)cc3c2=O)c1. The third kappa shape index (κ3) is 2.89. The van der Waals surface area contributed by atoms with E-state index in [0.29, 0.717) is 17.4 Å². The molecule has 0 atom stereocenters. The molecule has 25 heavy (non-hydrogen) atoms. The Kier molecular flexibility index (Phi) is 3.78. The zero-order valence-electron chi connectivity index (χ0n) is 13.6. The smallest absolute Gasteiger partial charge is 0.261 e. The van der Waals surface area contributed by atoms with Gasteiger partial charge in [-0.2, -0.15) is 5.10 Å². The number of hydrogen-bond acceptors (Lipinski definition) is 4. The number of methoxy groups -OCH3 is 1. The number of benzene rings is 2. The number of ether oxygens (including phenoxy) is 1. The summed E-state index contributed by atoms with van der Waals surface area (Å²) in [4.78, 5) is 17.3. The summed E-state index contributed by atoms with van der Waals surface area (Å²) in [7, 11) is 1.63. The van der Waals surface area contributed by atoms with Gasteiger partial charge in [0.25, 0.3) is 5.56 Å². The van der Waals surface area contributed by atoms with Gasteiger partial charge in [0.05, 0.1) is 37.1 Å². The average Bonchev–Trinajstić information content (AvgIpc) is 3.19. The van der Waals surface area contributed by atoms with Crippen LogP contribution in [0.2, 0.25) is 0 Å². The van der Waals surface area contributed by atoms with Crippen LogP contribution < -0.4 is 10.3 Å². The molecule has 2 heterocycles. The molecule has 0 aliphatic heterocycles. The average molecular weight is 332 g/mol. The second-order valence-corrected chi connectivity index (χ2v) is 5.75. The molecule has 6 nitrogen and oxygen atoms in total. The van der Waals surface area contributed by atoms with Crippen LogP contribution in [0.3, 0.4) is 0 Å². The van der Waals surface area contributed by atoms with E-state index in [9.17, 15) is 4.79 Å². The van der Waals surface area contributed by atoms with Gasteiger partial charge in [0, 0.05) is 11.8 Å². The minimum atomic E-state index is -0.0711. The fourth-order valence-corrected chi connectivity index (χ4v) is 2.83. The topological polar surface area (TPSA) is 72.8 Å². The van der Waals surface area contributed by atoms with Gasteiger partial charge in [0.15, 0.2) is 0 Å². The third-order valence-corrected chi connectivity index (χ3v) is 4.14. The zero-order chi connectivity index (χ0) is 17.2. The van der Waals surface area contributed by atoms with Gasteiger partial charge in [-0.3, -0.25) is 14.5 Å². The minimum Gasteiger partial charge on any atom is -0.497 e. The minimum absolute atomic E-state index is 0.0711. The van der Waals surface area contributed by atoms with Crippen LogP contribution in [0.15, 0.2) is 66.0 Å². The summed E-state index contributed by atoms with van der Waals surface area (Å²) >= 11 is 0. The van der Waals surface area contributed by atoms with E-state index in [0.717, 1.165) is 22.4 Å². The Morgan fingerprint density at radius 2 is 2.08 bits per heavy atom. The van der Waals surface area contributed by atoms with Crippen molar-refractivity contribution in [3.8, 4) is 16.9 Å². The molecule has 0 saturated heterocycles. The Hall–Kier alpha value is -3.41. The predicted molar refractivity (Wildman–Crippen MR) is 95.7 cm³/mol. The Morgan fingerprint density at radius 1 is 1.16 bits per heavy atom. The molecule has 0 fully saturated rings. The number of rotatable bonds is 4. The second kappa shape index (κ2) is 6.24. The van der Waals surface area contributed by atoms with E-state index < -0.39 is 0 Å². The van der Waals surface area contributed by atoms with E-state index in [2.05, 4.69) is 15.2 Å². The largest absolute Gasteiger partial charge is 0.497 e. The number of H-pyrrole nitrogens is 1. The normalized spacial score (nSPS) is 10.9. The third-order valence-electron chi connectivity index (χ3n) is 4.14. The van der Waals surface area contributed by atoms with Gasteiger partial charge in [-0.25, -0.2) is 4.98 Å². The van der Waals surface area contributed by atoms with E-state index in [1.54, 1.807) is 30.4 Å². The van der Waals surface area contributed by atoms with Crippen LogP contribution in [0.4, 0.5) is 0 Å². The molecular formula is C19H16N4O2. The Morgan fingerprint density at radius 3 is 2.88 bits per heavy atom. The molecule has 4 aromatic rings.